The van der Waals surface area contributed by atoms with Crippen LogP contribution in [0.25, 0.3) is 33.4 Å². The summed E-state index contributed by atoms with van der Waals surface area (Å²) >= 11 is 0. The molecule has 2 saturated carbocycles. The molecule has 7 rings (SSSR count). The van der Waals surface area contributed by atoms with Crippen molar-refractivity contribution in [1.82, 2.24) is 14.8 Å². The number of hydrogen-bond donors (Lipinski definition) is 1. The van der Waals surface area contributed by atoms with Crippen LogP contribution in [0.1, 0.15) is 49.4 Å². The summed E-state index contributed by atoms with van der Waals surface area (Å²) in [4.78, 5) is 4.81. The Morgan fingerprint density at radius 2 is 1.73 bits per heavy atom. The molecule has 0 saturated heterocycles. The van der Waals surface area contributed by atoms with Crippen molar-refractivity contribution in [3.8, 4) is 16.8 Å². The molecule has 5 aromatic rings. The lowest BCUT2D eigenvalue weighted by Gasteiger charge is -2.38. The summed E-state index contributed by atoms with van der Waals surface area (Å²) in [6.07, 6.45) is 9.84. The molecule has 0 unspecified atom stereocenters. The molecule has 162 valence electrons. The van der Waals surface area contributed by atoms with Gasteiger partial charge in [-0.05, 0) is 67.5 Å². The van der Waals surface area contributed by atoms with E-state index >= 15 is 0 Å². The highest BCUT2D eigenvalue weighted by Gasteiger charge is 2.37. The predicted octanol–water partition coefficient (Wildman–Crippen LogP) is 5.04. The van der Waals surface area contributed by atoms with Gasteiger partial charge in [-0.15, -0.1) is 0 Å². The summed E-state index contributed by atoms with van der Waals surface area (Å²) in [5.74, 6) is 1.67. The number of nitrogens with zero attached hydrogens (tertiary/aromatic N) is 4. The summed E-state index contributed by atoms with van der Waals surface area (Å²) < 4.78 is 4.36. The van der Waals surface area contributed by atoms with Crippen LogP contribution in [0.3, 0.4) is 0 Å². The second kappa shape index (κ2) is 6.96. The molecule has 2 aliphatic carbocycles. The number of pyridine rings is 2. The summed E-state index contributed by atoms with van der Waals surface area (Å²) in [5.41, 5.74) is 13.0. The maximum absolute atomic E-state index is 6.57. The van der Waals surface area contributed by atoms with Crippen LogP contribution in [-0.4, -0.2) is 14.8 Å². The van der Waals surface area contributed by atoms with Gasteiger partial charge in [-0.2, -0.15) is 4.40 Å². The lowest BCUT2D eigenvalue weighted by atomic mass is 9.73. The van der Waals surface area contributed by atoms with Gasteiger partial charge in [0, 0.05) is 22.4 Å². The molecule has 2 N–H and O–H groups in total. The minimum atomic E-state index is -0.153. The van der Waals surface area contributed by atoms with Gasteiger partial charge in [-0.1, -0.05) is 47.1 Å². The van der Waals surface area contributed by atoms with E-state index in [1.807, 2.05) is 12.3 Å². The molecule has 3 aromatic heterocycles. The Balaban J connectivity index is 1.45. The van der Waals surface area contributed by atoms with Crippen LogP contribution in [0.5, 0.6) is 0 Å². The van der Waals surface area contributed by atoms with Crippen LogP contribution in [-0.2, 0) is 5.54 Å². The van der Waals surface area contributed by atoms with Gasteiger partial charge in [0.25, 0.3) is 11.5 Å². The third-order valence-electron chi connectivity index (χ3n) is 7.40. The van der Waals surface area contributed by atoms with Crippen LogP contribution in [0.4, 0.5) is 0 Å². The van der Waals surface area contributed by atoms with E-state index in [1.165, 1.54) is 30.4 Å². The zero-order valence-corrected chi connectivity index (χ0v) is 18.5. The Morgan fingerprint density at radius 3 is 2.42 bits per heavy atom. The van der Waals surface area contributed by atoms with E-state index in [2.05, 4.69) is 75.9 Å². The molecule has 2 aliphatic rings. The molecular weight excluding hydrogens is 406 g/mol. The molecule has 0 radical (unpaired) electrons. The van der Waals surface area contributed by atoms with Crippen molar-refractivity contribution in [2.24, 2.45) is 5.73 Å². The molecule has 0 bridgehead atoms. The normalized spacial score (nSPS) is 17.4. The van der Waals surface area contributed by atoms with Crippen molar-refractivity contribution in [2.45, 2.75) is 43.6 Å². The molecule has 2 fully saturated rings. The maximum atomic E-state index is 6.57. The number of aromatic nitrogens is 4. The number of hydrogen-bond acceptors (Lipinski definition) is 3. The van der Waals surface area contributed by atoms with Crippen molar-refractivity contribution in [2.75, 3.05) is 0 Å². The molecule has 0 amide bonds. The first-order valence-corrected chi connectivity index (χ1v) is 11.9. The predicted molar refractivity (Wildman–Crippen MR) is 129 cm³/mol. The number of rotatable bonds is 4. The minimum absolute atomic E-state index is 0.153. The first kappa shape index (κ1) is 18.9. The third kappa shape index (κ3) is 3.00. The van der Waals surface area contributed by atoms with Crippen LogP contribution in [0.15, 0.2) is 79.1 Å². The fourth-order valence-electron chi connectivity index (χ4n) is 5.10. The first-order valence-electron chi connectivity index (χ1n) is 11.9. The Hall–Kier alpha value is -3.57. The Morgan fingerprint density at radius 1 is 0.939 bits per heavy atom. The zero-order chi connectivity index (χ0) is 22.0. The lowest BCUT2D eigenvalue weighted by Crippen LogP contribution is -2.43. The second-order valence-corrected chi connectivity index (χ2v) is 9.63. The van der Waals surface area contributed by atoms with Crippen LogP contribution in [0.2, 0.25) is 0 Å². The Kier molecular flexibility index (Phi) is 4.00. The summed E-state index contributed by atoms with van der Waals surface area (Å²) in [5, 5.41) is 6.23. The van der Waals surface area contributed by atoms with E-state index < -0.39 is 0 Å². The Labute approximate surface area is 192 Å². The molecule has 0 aliphatic heterocycles. The maximum Gasteiger partial charge on any atom is 0.286 e. The average Bonchev–Trinajstić information content (AvgIpc) is 3.62. The van der Waals surface area contributed by atoms with Crippen molar-refractivity contribution in [1.29, 1.82) is 0 Å². The fourth-order valence-corrected chi connectivity index (χ4v) is 5.10. The second-order valence-electron chi connectivity index (χ2n) is 9.63. The number of fused-ring (bicyclic) bond motifs is 3. The Bertz CT molecular complexity index is 1490. The van der Waals surface area contributed by atoms with Gasteiger partial charge >= 0.3 is 0 Å². The van der Waals surface area contributed by atoms with Gasteiger partial charge in [0.1, 0.15) is 5.69 Å². The van der Waals surface area contributed by atoms with Gasteiger partial charge in [-0.3, -0.25) is 4.98 Å². The van der Waals surface area contributed by atoms with Crippen molar-refractivity contribution < 1.29 is 4.40 Å². The fraction of sp³-hybridized carbons (Fsp3) is 0.250. The van der Waals surface area contributed by atoms with Gasteiger partial charge in [0.05, 0.1) is 23.0 Å². The molecule has 0 spiro atoms. The summed E-state index contributed by atoms with van der Waals surface area (Å²) in [6, 6.07) is 23.5. The van der Waals surface area contributed by atoms with Crippen LogP contribution >= 0.6 is 0 Å². The van der Waals surface area contributed by atoms with Gasteiger partial charge in [-0.25, -0.2) is 0 Å². The topological polar surface area (TPSA) is 60.8 Å². The van der Waals surface area contributed by atoms with E-state index in [4.69, 9.17) is 15.8 Å². The highest BCUT2D eigenvalue weighted by Crippen LogP contribution is 2.40. The summed E-state index contributed by atoms with van der Waals surface area (Å²) in [7, 11) is 0. The molecule has 5 heteroatoms. The molecule has 5 nitrogen and oxygen atoms in total. The van der Waals surface area contributed by atoms with Crippen LogP contribution in [0, 0.1) is 0 Å². The van der Waals surface area contributed by atoms with Gasteiger partial charge < -0.3 is 5.73 Å². The smallest absolute Gasteiger partial charge is 0.286 e. The van der Waals surface area contributed by atoms with Crippen molar-refractivity contribution >= 4 is 16.6 Å². The third-order valence-corrected chi connectivity index (χ3v) is 7.40. The van der Waals surface area contributed by atoms with E-state index in [0.717, 1.165) is 46.5 Å². The summed E-state index contributed by atoms with van der Waals surface area (Å²) in [6.45, 7) is 0. The van der Waals surface area contributed by atoms with E-state index in [-0.39, 0.29) is 5.54 Å². The largest absolute Gasteiger partial charge is 0.321 e. The monoisotopic (exact) mass is 432 g/mol. The van der Waals surface area contributed by atoms with Crippen molar-refractivity contribution in [3.05, 3.63) is 90.5 Å². The quantitative estimate of drug-likeness (QED) is 0.405. The molecule has 3 heterocycles. The minimum Gasteiger partial charge on any atom is -0.321 e. The average molecular weight is 433 g/mol. The van der Waals surface area contributed by atoms with E-state index in [1.54, 1.807) is 0 Å². The first-order chi connectivity index (χ1) is 16.2. The van der Waals surface area contributed by atoms with Gasteiger partial charge in [0.2, 0.25) is 0 Å². The molecule has 0 atom stereocenters. The van der Waals surface area contributed by atoms with E-state index in [9.17, 15) is 0 Å². The number of nitrogens with two attached hydrogens (primary N) is 1. The highest BCUT2D eigenvalue weighted by atomic mass is 15.4. The zero-order valence-electron chi connectivity index (χ0n) is 18.5. The molecular formula is C28H26N5+. The van der Waals surface area contributed by atoms with Crippen molar-refractivity contribution in [3.63, 3.8) is 0 Å². The molecule has 33 heavy (non-hydrogen) atoms. The highest BCUT2D eigenvalue weighted by molar-refractivity contribution is 5.92. The number of benzene rings is 2. The van der Waals surface area contributed by atoms with E-state index in [0.29, 0.717) is 5.92 Å². The lowest BCUT2D eigenvalue weighted by molar-refractivity contribution is -0.521. The standard InChI is InChI=1S/C28H26N5/c29-28(14-4-15-28)22-9-11-23(12-10-22)33-27-24-17-21(19-5-2-1-3-6-19)18-30-25(24)13-16-32(27)26(31-33)20-7-8-20/h1-3,5-6,9-13,16-18,20H,4,7-8,14-15,29H2/q+1. The van der Waals surface area contributed by atoms with Crippen LogP contribution < -0.4 is 10.1 Å². The molecule has 2 aromatic carbocycles. The SMILES string of the molecule is NC1(c2ccc(-n3nc(C4CC4)[n+]4ccc5ncc(-c6ccccc6)cc5c34)cc2)CCC1. The van der Waals surface area contributed by atoms with Gasteiger partial charge in [0.15, 0.2) is 0 Å².